The van der Waals surface area contributed by atoms with E-state index in [1.807, 2.05) is 12.1 Å². The summed E-state index contributed by atoms with van der Waals surface area (Å²) in [5.41, 5.74) is 0.805. The third-order valence-electron chi connectivity index (χ3n) is 4.83. The van der Waals surface area contributed by atoms with Gasteiger partial charge in [-0.25, -0.2) is 18.1 Å². The van der Waals surface area contributed by atoms with Gasteiger partial charge in [0.15, 0.2) is 0 Å². The molecule has 158 valence electrons. The number of carbonyl (C=O) groups excluding carboxylic acids is 1. The Balaban J connectivity index is 1.54. The number of thiophene rings is 1. The molecule has 1 aliphatic rings. The molecule has 3 heterocycles. The van der Waals surface area contributed by atoms with Crippen molar-refractivity contribution in [3.63, 3.8) is 0 Å². The fourth-order valence-corrected chi connectivity index (χ4v) is 5.42. The summed E-state index contributed by atoms with van der Waals surface area (Å²) < 4.78 is 27.9. The van der Waals surface area contributed by atoms with Gasteiger partial charge in [0.1, 0.15) is 10.0 Å². The number of anilines is 1. The van der Waals surface area contributed by atoms with Crippen molar-refractivity contribution in [1.29, 1.82) is 0 Å². The average molecular weight is 438 g/mol. The van der Waals surface area contributed by atoms with Crippen LogP contribution in [0, 0.1) is 0 Å². The lowest BCUT2D eigenvalue weighted by Gasteiger charge is -2.34. The van der Waals surface area contributed by atoms with Crippen LogP contribution in [0.5, 0.6) is 0 Å². The van der Waals surface area contributed by atoms with Crippen molar-refractivity contribution in [1.82, 2.24) is 19.9 Å². The van der Waals surface area contributed by atoms with E-state index in [0.29, 0.717) is 6.54 Å². The van der Waals surface area contributed by atoms with Crippen molar-refractivity contribution >= 4 is 33.1 Å². The molecule has 0 aromatic carbocycles. The third kappa shape index (κ3) is 5.99. The summed E-state index contributed by atoms with van der Waals surface area (Å²) in [6, 6.07) is 7.13. The summed E-state index contributed by atoms with van der Waals surface area (Å²) in [4.78, 5) is 20.9. The monoisotopic (exact) mass is 437 g/mol. The molecule has 3 rings (SSSR count). The van der Waals surface area contributed by atoms with E-state index in [9.17, 15) is 13.2 Å². The van der Waals surface area contributed by atoms with Crippen LogP contribution < -0.4 is 14.9 Å². The summed E-state index contributed by atoms with van der Waals surface area (Å²) in [6.07, 6.45) is 1.72. The lowest BCUT2D eigenvalue weighted by molar-refractivity contribution is -0.119. The first-order valence-corrected chi connectivity index (χ1v) is 11.9. The maximum absolute atomic E-state index is 12.5. The van der Waals surface area contributed by atoms with Crippen LogP contribution in [0.15, 0.2) is 34.7 Å². The van der Waals surface area contributed by atoms with Crippen LogP contribution in [0.4, 0.5) is 5.82 Å². The number of hydrogen-bond donors (Lipinski definition) is 2. The van der Waals surface area contributed by atoms with Gasteiger partial charge in [-0.15, -0.1) is 11.3 Å². The maximum atomic E-state index is 12.5. The molecule has 0 spiro atoms. The fraction of sp³-hybridized carbons (Fsp3) is 0.474. The van der Waals surface area contributed by atoms with Gasteiger partial charge in [0.05, 0.1) is 6.54 Å². The Morgan fingerprint density at radius 3 is 2.52 bits per heavy atom. The highest BCUT2D eigenvalue weighted by Gasteiger charge is 2.18. The van der Waals surface area contributed by atoms with E-state index in [2.05, 4.69) is 31.7 Å². The van der Waals surface area contributed by atoms with Gasteiger partial charge in [-0.2, -0.15) is 0 Å². The van der Waals surface area contributed by atoms with E-state index in [1.54, 1.807) is 18.3 Å². The average Bonchev–Trinajstić information content (AvgIpc) is 3.21. The minimum absolute atomic E-state index is 0.149. The number of nitrogens with zero attached hydrogens (tertiary/aromatic N) is 3. The summed E-state index contributed by atoms with van der Waals surface area (Å²) in [6.45, 7) is 9.14. The number of rotatable bonds is 8. The predicted molar refractivity (Wildman–Crippen MR) is 114 cm³/mol. The number of pyridine rings is 1. The molecule has 0 bridgehead atoms. The smallest absolute Gasteiger partial charge is 0.250 e. The topological polar surface area (TPSA) is 94.6 Å². The van der Waals surface area contributed by atoms with Gasteiger partial charge >= 0.3 is 0 Å². The van der Waals surface area contributed by atoms with Crippen molar-refractivity contribution in [2.45, 2.75) is 31.1 Å². The van der Waals surface area contributed by atoms with Gasteiger partial charge < -0.3 is 15.1 Å². The number of piperazine rings is 1. The number of hydrogen-bond acceptors (Lipinski definition) is 7. The highest BCUT2D eigenvalue weighted by Crippen LogP contribution is 2.22. The molecule has 10 heteroatoms. The summed E-state index contributed by atoms with van der Waals surface area (Å²) in [7, 11) is -3.60. The molecule has 1 saturated heterocycles. The standard InChI is InChI=1S/C19H27N5O3S2/c1-3-23-8-10-24(11-9-23)18-6-4-16(12-21-18)13-22-29(26,27)19-7-5-17(28-19)14-20-15(2)25/h4-7,12,22H,3,8-11,13-14H2,1-2H3,(H,20,25). The van der Waals surface area contributed by atoms with E-state index < -0.39 is 10.0 Å². The van der Waals surface area contributed by atoms with Gasteiger partial charge in [-0.05, 0) is 30.3 Å². The van der Waals surface area contributed by atoms with Crippen LogP contribution in [0.2, 0.25) is 0 Å². The molecule has 2 N–H and O–H groups in total. The summed E-state index contributed by atoms with van der Waals surface area (Å²) >= 11 is 1.15. The lowest BCUT2D eigenvalue weighted by atomic mass is 10.2. The van der Waals surface area contributed by atoms with E-state index in [4.69, 9.17) is 0 Å². The molecule has 0 atom stereocenters. The molecular formula is C19H27N5O3S2. The molecule has 8 nitrogen and oxygen atoms in total. The Labute approximate surface area is 176 Å². The molecule has 2 aromatic rings. The Morgan fingerprint density at radius 1 is 1.14 bits per heavy atom. The van der Waals surface area contributed by atoms with Gasteiger partial charge in [0, 0.05) is 50.7 Å². The molecule has 29 heavy (non-hydrogen) atoms. The first-order valence-electron chi connectivity index (χ1n) is 9.62. The lowest BCUT2D eigenvalue weighted by Crippen LogP contribution is -2.46. The molecular weight excluding hydrogens is 410 g/mol. The highest BCUT2D eigenvalue weighted by molar-refractivity contribution is 7.91. The normalized spacial score (nSPS) is 15.4. The van der Waals surface area contributed by atoms with Crippen molar-refractivity contribution in [2.75, 3.05) is 37.6 Å². The van der Waals surface area contributed by atoms with Crippen molar-refractivity contribution in [3.05, 3.63) is 40.9 Å². The van der Waals surface area contributed by atoms with E-state index in [0.717, 1.165) is 60.3 Å². The van der Waals surface area contributed by atoms with E-state index in [1.165, 1.54) is 6.92 Å². The fourth-order valence-electron chi connectivity index (χ4n) is 3.06. The summed E-state index contributed by atoms with van der Waals surface area (Å²) in [5.74, 6) is 0.775. The summed E-state index contributed by atoms with van der Waals surface area (Å²) in [5, 5.41) is 2.66. The van der Waals surface area contributed by atoms with Crippen LogP contribution >= 0.6 is 11.3 Å². The third-order valence-corrected chi connectivity index (χ3v) is 7.81. The minimum atomic E-state index is -3.60. The Morgan fingerprint density at radius 2 is 1.90 bits per heavy atom. The molecule has 0 radical (unpaired) electrons. The minimum Gasteiger partial charge on any atom is -0.354 e. The SMILES string of the molecule is CCN1CCN(c2ccc(CNS(=O)(=O)c3ccc(CNC(C)=O)s3)cn2)CC1. The van der Waals surface area contributed by atoms with Crippen molar-refractivity contribution in [2.24, 2.45) is 0 Å². The molecule has 1 aliphatic heterocycles. The van der Waals surface area contributed by atoms with Gasteiger partial charge in [0.2, 0.25) is 15.9 Å². The maximum Gasteiger partial charge on any atom is 0.250 e. The number of sulfonamides is 1. The quantitative estimate of drug-likeness (QED) is 0.648. The second-order valence-electron chi connectivity index (χ2n) is 6.90. The van der Waals surface area contributed by atoms with Gasteiger partial charge in [0.25, 0.3) is 0 Å². The van der Waals surface area contributed by atoms with Crippen LogP contribution in [0.1, 0.15) is 24.3 Å². The first-order chi connectivity index (χ1) is 13.9. The van der Waals surface area contributed by atoms with E-state index in [-0.39, 0.29) is 16.7 Å². The molecule has 0 aliphatic carbocycles. The van der Waals surface area contributed by atoms with Crippen LogP contribution in [-0.4, -0.2) is 56.9 Å². The highest BCUT2D eigenvalue weighted by atomic mass is 32.2. The number of carbonyl (C=O) groups is 1. The largest absolute Gasteiger partial charge is 0.354 e. The molecule has 2 aromatic heterocycles. The molecule has 0 saturated carbocycles. The second kappa shape index (κ2) is 9.66. The van der Waals surface area contributed by atoms with E-state index >= 15 is 0 Å². The number of nitrogens with one attached hydrogen (secondary N) is 2. The zero-order valence-corrected chi connectivity index (χ0v) is 18.4. The molecule has 1 fully saturated rings. The Bertz CT molecular complexity index is 920. The van der Waals surface area contributed by atoms with Crippen LogP contribution in [0.3, 0.4) is 0 Å². The number of likely N-dealkylation sites (N-methyl/N-ethyl adjacent to an activating group) is 1. The molecule has 0 unspecified atom stereocenters. The van der Waals surface area contributed by atoms with Gasteiger partial charge in [-0.3, -0.25) is 4.79 Å². The predicted octanol–water partition coefficient (Wildman–Crippen LogP) is 1.40. The van der Waals surface area contributed by atoms with Crippen LogP contribution in [0.25, 0.3) is 0 Å². The zero-order valence-electron chi connectivity index (χ0n) is 16.7. The van der Waals surface area contributed by atoms with Gasteiger partial charge in [-0.1, -0.05) is 13.0 Å². The van der Waals surface area contributed by atoms with Crippen LogP contribution in [-0.2, 0) is 27.9 Å². The number of amides is 1. The Hall–Kier alpha value is -2.01. The van der Waals surface area contributed by atoms with Crippen molar-refractivity contribution < 1.29 is 13.2 Å². The molecule has 1 amide bonds. The first kappa shape index (κ1) is 21.7. The van der Waals surface area contributed by atoms with Crippen molar-refractivity contribution in [3.8, 4) is 0 Å². The second-order valence-corrected chi connectivity index (χ2v) is 10.1. The zero-order chi connectivity index (χ0) is 20.9. The Kier molecular flexibility index (Phi) is 7.23. The number of aromatic nitrogens is 1.